The van der Waals surface area contributed by atoms with Gasteiger partial charge in [0.15, 0.2) is 0 Å². The van der Waals surface area contributed by atoms with Gasteiger partial charge in [-0.1, -0.05) is 30.3 Å². The average molecular weight is 317 g/mol. The summed E-state index contributed by atoms with van der Waals surface area (Å²) < 4.78 is 5.51. The monoisotopic (exact) mass is 317 g/mol. The minimum absolute atomic E-state index is 0.0385. The molecule has 1 N–H and O–H groups in total. The number of nitrogens with zero attached hydrogens (tertiary/aromatic N) is 1. The van der Waals surface area contributed by atoms with E-state index in [0.29, 0.717) is 6.61 Å². The molecule has 1 aromatic rings. The van der Waals surface area contributed by atoms with Crippen LogP contribution in [-0.2, 0) is 16.0 Å². The molecule has 1 unspecified atom stereocenters. The van der Waals surface area contributed by atoms with Gasteiger partial charge < -0.3 is 14.7 Å². The molecule has 4 nitrogen and oxygen atoms in total. The molecular formula is C19H27NO3. The molecule has 2 aliphatic heterocycles. The van der Waals surface area contributed by atoms with Gasteiger partial charge in [-0.05, 0) is 49.5 Å². The van der Waals surface area contributed by atoms with Gasteiger partial charge in [-0.2, -0.15) is 0 Å². The zero-order chi connectivity index (χ0) is 16.1. The van der Waals surface area contributed by atoms with E-state index in [4.69, 9.17) is 4.74 Å². The Balaban J connectivity index is 1.53. The van der Waals surface area contributed by atoms with Crippen LogP contribution in [0.25, 0.3) is 0 Å². The van der Waals surface area contributed by atoms with Crippen molar-refractivity contribution in [3.63, 3.8) is 0 Å². The fraction of sp³-hybridized carbons (Fsp3) is 0.632. The van der Waals surface area contributed by atoms with Crippen LogP contribution >= 0.6 is 0 Å². The van der Waals surface area contributed by atoms with Crippen molar-refractivity contribution in [3.05, 3.63) is 35.9 Å². The van der Waals surface area contributed by atoms with Gasteiger partial charge in [0.05, 0.1) is 0 Å². The van der Waals surface area contributed by atoms with Crippen LogP contribution in [0.5, 0.6) is 0 Å². The molecule has 23 heavy (non-hydrogen) atoms. The van der Waals surface area contributed by atoms with Gasteiger partial charge in [-0.3, -0.25) is 4.79 Å². The molecule has 126 valence electrons. The zero-order valence-corrected chi connectivity index (χ0v) is 13.7. The van der Waals surface area contributed by atoms with E-state index in [0.717, 1.165) is 51.6 Å². The Morgan fingerprint density at radius 2 is 2.00 bits per heavy atom. The van der Waals surface area contributed by atoms with Gasteiger partial charge in [-0.25, -0.2) is 0 Å². The number of ether oxygens (including phenoxy) is 1. The summed E-state index contributed by atoms with van der Waals surface area (Å²) in [5, 5.41) is 9.93. The quantitative estimate of drug-likeness (QED) is 0.907. The molecule has 0 saturated carbocycles. The lowest BCUT2D eigenvalue weighted by Crippen LogP contribution is -2.48. The molecule has 0 bridgehead atoms. The number of aliphatic hydroxyl groups is 1. The first-order valence-corrected chi connectivity index (χ1v) is 8.78. The van der Waals surface area contributed by atoms with Crippen molar-refractivity contribution in [2.75, 3.05) is 26.3 Å². The summed E-state index contributed by atoms with van der Waals surface area (Å²) in [4.78, 5) is 14.4. The molecule has 2 fully saturated rings. The highest BCUT2D eigenvalue weighted by atomic mass is 16.5. The Kier molecular flexibility index (Phi) is 5.34. The highest BCUT2D eigenvalue weighted by molar-refractivity contribution is 5.81. The molecule has 2 aliphatic rings. The van der Waals surface area contributed by atoms with E-state index in [1.807, 2.05) is 11.0 Å². The Hall–Kier alpha value is -1.39. The Morgan fingerprint density at radius 1 is 1.26 bits per heavy atom. The second-order valence-electron chi connectivity index (χ2n) is 6.97. The van der Waals surface area contributed by atoms with Crippen LogP contribution in [0.15, 0.2) is 30.3 Å². The van der Waals surface area contributed by atoms with E-state index in [1.54, 1.807) is 0 Å². The predicted molar refractivity (Wildman–Crippen MR) is 89.1 cm³/mol. The molecule has 1 aromatic carbocycles. The minimum Gasteiger partial charge on any atom is -0.396 e. The number of hydrogen-bond donors (Lipinski definition) is 1. The predicted octanol–water partition coefficient (Wildman–Crippen LogP) is 2.40. The summed E-state index contributed by atoms with van der Waals surface area (Å²) in [6.45, 7) is 2.41. The number of benzene rings is 1. The molecule has 1 atom stereocenters. The number of carbonyl (C=O) groups is 1. The van der Waals surface area contributed by atoms with Gasteiger partial charge in [0, 0.05) is 26.3 Å². The maximum Gasteiger partial charge on any atom is 0.251 e. The fourth-order valence-electron chi connectivity index (χ4n) is 3.72. The highest BCUT2D eigenvalue weighted by Crippen LogP contribution is 2.36. The molecule has 0 spiro atoms. The van der Waals surface area contributed by atoms with Gasteiger partial charge in [0.2, 0.25) is 0 Å². The van der Waals surface area contributed by atoms with Crippen LogP contribution in [0.2, 0.25) is 0 Å². The maximum atomic E-state index is 12.4. The van der Waals surface area contributed by atoms with Gasteiger partial charge >= 0.3 is 0 Å². The fourth-order valence-corrected chi connectivity index (χ4v) is 3.72. The highest BCUT2D eigenvalue weighted by Gasteiger charge is 2.37. The molecule has 2 heterocycles. The van der Waals surface area contributed by atoms with Crippen molar-refractivity contribution < 1.29 is 14.6 Å². The lowest BCUT2D eigenvalue weighted by atomic mass is 9.74. The molecule has 0 aliphatic carbocycles. The van der Waals surface area contributed by atoms with E-state index in [1.165, 1.54) is 5.56 Å². The van der Waals surface area contributed by atoms with Crippen LogP contribution in [0.4, 0.5) is 0 Å². The van der Waals surface area contributed by atoms with E-state index < -0.39 is 0 Å². The average Bonchev–Trinajstić information content (AvgIpc) is 3.15. The number of amides is 1. The number of aliphatic hydroxyl groups excluding tert-OH is 1. The van der Waals surface area contributed by atoms with Crippen molar-refractivity contribution in [2.24, 2.45) is 5.41 Å². The van der Waals surface area contributed by atoms with E-state index in [2.05, 4.69) is 24.3 Å². The van der Waals surface area contributed by atoms with E-state index >= 15 is 0 Å². The standard InChI is InChI=1S/C19H27NO3/c21-15-19(9-8-16-5-2-1-3-6-16)10-12-20(13-11-19)18(22)17-7-4-14-23-17/h1-3,5-6,17,21H,4,7-15H2. The number of carbonyl (C=O) groups excluding carboxylic acids is 1. The summed E-state index contributed by atoms with van der Waals surface area (Å²) in [5.41, 5.74) is 1.28. The molecular weight excluding hydrogens is 290 g/mol. The van der Waals surface area contributed by atoms with Crippen LogP contribution in [0.1, 0.15) is 37.7 Å². The summed E-state index contributed by atoms with van der Waals surface area (Å²) in [5.74, 6) is 0.150. The summed E-state index contributed by atoms with van der Waals surface area (Å²) >= 11 is 0. The molecule has 3 rings (SSSR count). The van der Waals surface area contributed by atoms with Crippen molar-refractivity contribution in [3.8, 4) is 0 Å². The maximum absolute atomic E-state index is 12.4. The van der Waals surface area contributed by atoms with Crippen LogP contribution in [-0.4, -0.2) is 48.3 Å². The van der Waals surface area contributed by atoms with Crippen molar-refractivity contribution in [2.45, 2.75) is 44.6 Å². The lowest BCUT2D eigenvalue weighted by Gasteiger charge is -2.41. The Morgan fingerprint density at radius 3 is 2.61 bits per heavy atom. The van der Waals surface area contributed by atoms with Crippen LogP contribution in [0.3, 0.4) is 0 Å². The van der Waals surface area contributed by atoms with Crippen LogP contribution in [0, 0.1) is 5.41 Å². The second kappa shape index (κ2) is 7.45. The normalized spacial score (nSPS) is 23.9. The smallest absolute Gasteiger partial charge is 0.251 e. The van der Waals surface area contributed by atoms with E-state index in [9.17, 15) is 9.90 Å². The summed E-state index contributed by atoms with van der Waals surface area (Å²) in [6.07, 6.45) is 5.36. The topological polar surface area (TPSA) is 49.8 Å². The summed E-state index contributed by atoms with van der Waals surface area (Å²) in [6, 6.07) is 10.4. The van der Waals surface area contributed by atoms with Gasteiger partial charge in [-0.15, -0.1) is 0 Å². The van der Waals surface area contributed by atoms with Gasteiger partial charge in [0.1, 0.15) is 6.10 Å². The molecule has 0 aromatic heterocycles. The molecule has 2 saturated heterocycles. The Labute approximate surface area is 138 Å². The third-order valence-electron chi connectivity index (χ3n) is 5.46. The van der Waals surface area contributed by atoms with Gasteiger partial charge in [0.25, 0.3) is 5.91 Å². The number of rotatable bonds is 5. The summed E-state index contributed by atoms with van der Waals surface area (Å²) in [7, 11) is 0. The number of likely N-dealkylation sites (tertiary alicyclic amines) is 1. The largest absolute Gasteiger partial charge is 0.396 e. The molecule has 1 amide bonds. The van der Waals surface area contributed by atoms with Crippen molar-refractivity contribution in [1.29, 1.82) is 0 Å². The number of piperidine rings is 1. The van der Waals surface area contributed by atoms with Crippen molar-refractivity contribution in [1.82, 2.24) is 4.90 Å². The first-order chi connectivity index (χ1) is 11.2. The Bertz CT molecular complexity index is 503. The SMILES string of the molecule is O=C(C1CCCO1)N1CCC(CO)(CCc2ccccc2)CC1. The molecule has 0 radical (unpaired) electrons. The lowest BCUT2D eigenvalue weighted by molar-refractivity contribution is -0.143. The zero-order valence-electron chi connectivity index (χ0n) is 13.7. The first-order valence-electron chi connectivity index (χ1n) is 8.78. The third kappa shape index (κ3) is 3.93. The molecule has 4 heteroatoms. The van der Waals surface area contributed by atoms with Crippen LogP contribution < -0.4 is 0 Å². The van der Waals surface area contributed by atoms with Crippen molar-refractivity contribution >= 4 is 5.91 Å². The first kappa shape index (κ1) is 16.5. The third-order valence-corrected chi connectivity index (χ3v) is 5.46. The second-order valence-corrected chi connectivity index (χ2v) is 6.97. The number of hydrogen-bond acceptors (Lipinski definition) is 3. The number of aryl methyl sites for hydroxylation is 1. The minimum atomic E-state index is -0.221. The van der Waals surface area contributed by atoms with E-state index in [-0.39, 0.29) is 24.0 Å².